The van der Waals surface area contributed by atoms with Crippen molar-refractivity contribution in [3.63, 3.8) is 0 Å². The standard InChI is InChI=1S/C19H13F6N3O3S/c20-18(21,22)13-7-12(8-14(9-13)19(23,24)25)16(29)27-5-4-26-17(27)32-10-11-2-1-3-15(6-11)28(30)31/h1-3,6-9H,4-5,10H2. The molecule has 0 radical (unpaired) electrons. The monoisotopic (exact) mass is 477 g/mol. The molecule has 0 saturated carbocycles. The van der Waals surface area contributed by atoms with E-state index in [2.05, 4.69) is 4.99 Å². The van der Waals surface area contributed by atoms with E-state index in [0.717, 1.165) is 16.7 Å². The number of nitro benzene ring substituents is 1. The maximum Gasteiger partial charge on any atom is 0.416 e. The summed E-state index contributed by atoms with van der Waals surface area (Å²) in [7, 11) is 0. The number of hydrogen-bond acceptors (Lipinski definition) is 5. The molecule has 2 aromatic carbocycles. The van der Waals surface area contributed by atoms with E-state index in [1.807, 2.05) is 0 Å². The number of nitrogens with zero attached hydrogens (tertiary/aromatic N) is 3. The van der Waals surface area contributed by atoms with Gasteiger partial charge in [0.1, 0.15) is 0 Å². The third-order valence-electron chi connectivity index (χ3n) is 4.37. The number of alkyl halides is 6. The maximum absolute atomic E-state index is 13.1. The van der Waals surface area contributed by atoms with Gasteiger partial charge in [-0.2, -0.15) is 26.3 Å². The number of amides is 1. The number of rotatable bonds is 4. The predicted octanol–water partition coefficient (Wildman–Crippen LogP) is 5.38. The summed E-state index contributed by atoms with van der Waals surface area (Å²) in [6.07, 6.45) is -10.1. The van der Waals surface area contributed by atoms with Gasteiger partial charge in [-0.05, 0) is 23.8 Å². The summed E-state index contributed by atoms with van der Waals surface area (Å²) in [4.78, 5) is 28.2. The van der Waals surface area contributed by atoms with Crippen molar-refractivity contribution in [3.8, 4) is 0 Å². The maximum atomic E-state index is 13.1. The Bertz CT molecular complexity index is 1050. The molecule has 0 aromatic heterocycles. The average Bonchev–Trinajstić information content (AvgIpc) is 3.19. The molecule has 0 spiro atoms. The van der Waals surface area contributed by atoms with Crippen LogP contribution < -0.4 is 0 Å². The first-order chi connectivity index (χ1) is 14.9. The van der Waals surface area contributed by atoms with Gasteiger partial charge in [-0.3, -0.25) is 24.8 Å². The number of carbonyl (C=O) groups excluding carboxylic acids is 1. The number of amidine groups is 1. The van der Waals surface area contributed by atoms with Crippen LogP contribution in [0.1, 0.15) is 27.0 Å². The Morgan fingerprint density at radius 2 is 1.69 bits per heavy atom. The third kappa shape index (κ3) is 5.39. The number of thioether (sulfide) groups is 1. The Morgan fingerprint density at radius 1 is 1.06 bits per heavy atom. The lowest BCUT2D eigenvalue weighted by atomic mass is 10.0. The van der Waals surface area contributed by atoms with E-state index in [4.69, 9.17) is 0 Å². The fraction of sp³-hybridized carbons (Fsp3) is 0.263. The molecule has 0 bridgehead atoms. The molecule has 13 heteroatoms. The SMILES string of the molecule is O=C(c1cc(C(F)(F)F)cc(C(F)(F)F)c1)N1CCN=C1SCc1cccc([N+](=O)[O-])c1. The normalized spacial score (nSPS) is 14.4. The van der Waals surface area contributed by atoms with E-state index >= 15 is 0 Å². The number of aliphatic imine (C=N–C) groups is 1. The molecule has 0 atom stereocenters. The van der Waals surface area contributed by atoms with Gasteiger partial charge in [0.15, 0.2) is 5.17 Å². The zero-order valence-corrected chi connectivity index (χ0v) is 16.7. The minimum atomic E-state index is -5.07. The molecule has 1 aliphatic rings. The molecule has 0 aliphatic carbocycles. The Kier molecular flexibility index (Phi) is 6.49. The number of carbonyl (C=O) groups is 1. The van der Waals surface area contributed by atoms with Gasteiger partial charge in [0.05, 0.1) is 22.6 Å². The first kappa shape index (κ1) is 23.6. The van der Waals surface area contributed by atoms with Gasteiger partial charge in [0, 0.05) is 30.0 Å². The van der Waals surface area contributed by atoms with Crippen LogP contribution in [0.3, 0.4) is 0 Å². The molecule has 0 fully saturated rings. The molecule has 170 valence electrons. The van der Waals surface area contributed by atoms with E-state index in [9.17, 15) is 41.3 Å². The fourth-order valence-electron chi connectivity index (χ4n) is 2.88. The molecule has 1 heterocycles. The molecule has 0 N–H and O–H groups in total. The zero-order valence-electron chi connectivity index (χ0n) is 15.9. The summed E-state index contributed by atoms with van der Waals surface area (Å²) in [5.74, 6) is -0.898. The molecule has 3 rings (SSSR count). The molecule has 0 unspecified atom stereocenters. The average molecular weight is 477 g/mol. The van der Waals surface area contributed by atoms with Crippen molar-refractivity contribution in [2.24, 2.45) is 4.99 Å². The number of hydrogen-bond donors (Lipinski definition) is 0. The van der Waals surface area contributed by atoms with E-state index in [0.29, 0.717) is 17.7 Å². The molecule has 1 amide bonds. The van der Waals surface area contributed by atoms with Gasteiger partial charge in [-0.1, -0.05) is 23.9 Å². The van der Waals surface area contributed by atoms with Gasteiger partial charge in [0.25, 0.3) is 11.6 Å². The lowest BCUT2D eigenvalue weighted by Gasteiger charge is -2.20. The fourth-order valence-corrected chi connectivity index (χ4v) is 3.87. The van der Waals surface area contributed by atoms with Gasteiger partial charge in [-0.15, -0.1) is 0 Å². The zero-order chi connectivity index (χ0) is 23.7. The highest BCUT2D eigenvalue weighted by Crippen LogP contribution is 2.37. The van der Waals surface area contributed by atoms with E-state index in [-0.39, 0.29) is 35.8 Å². The second-order valence-electron chi connectivity index (χ2n) is 6.63. The van der Waals surface area contributed by atoms with Gasteiger partial charge in [0.2, 0.25) is 0 Å². The van der Waals surface area contributed by atoms with Crippen LogP contribution in [0.15, 0.2) is 47.5 Å². The van der Waals surface area contributed by atoms with Crippen molar-refractivity contribution in [1.29, 1.82) is 0 Å². The minimum Gasteiger partial charge on any atom is -0.286 e. The van der Waals surface area contributed by atoms with Crippen molar-refractivity contribution < 1.29 is 36.1 Å². The molecule has 6 nitrogen and oxygen atoms in total. The molecule has 1 aliphatic heterocycles. The molecular weight excluding hydrogens is 464 g/mol. The highest BCUT2D eigenvalue weighted by atomic mass is 32.2. The number of nitro groups is 1. The van der Waals surface area contributed by atoms with Gasteiger partial charge >= 0.3 is 12.4 Å². The topological polar surface area (TPSA) is 75.8 Å². The van der Waals surface area contributed by atoms with Crippen LogP contribution in [0.25, 0.3) is 0 Å². The Labute approximate surface area is 181 Å². The Hall–Kier alpha value is -3.09. The second kappa shape index (κ2) is 8.81. The number of benzene rings is 2. The van der Waals surface area contributed by atoms with E-state index < -0.39 is 39.9 Å². The van der Waals surface area contributed by atoms with Crippen LogP contribution in [0, 0.1) is 10.1 Å². The van der Waals surface area contributed by atoms with Crippen LogP contribution in [0.5, 0.6) is 0 Å². The summed E-state index contributed by atoms with van der Waals surface area (Å²) in [5.41, 5.74) is -3.55. The van der Waals surface area contributed by atoms with Crippen molar-refractivity contribution in [2.75, 3.05) is 13.1 Å². The molecule has 0 saturated heterocycles. The van der Waals surface area contributed by atoms with E-state index in [1.165, 1.54) is 18.2 Å². The Balaban J connectivity index is 1.83. The Morgan fingerprint density at radius 3 is 2.25 bits per heavy atom. The predicted molar refractivity (Wildman–Crippen MR) is 104 cm³/mol. The first-order valence-electron chi connectivity index (χ1n) is 8.88. The first-order valence-corrected chi connectivity index (χ1v) is 9.87. The van der Waals surface area contributed by atoms with Crippen molar-refractivity contribution >= 4 is 28.5 Å². The lowest BCUT2D eigenvalue weighted by molar-refractivity contribution is -0.384. The van der Waals surface area contributed by atoms with Crippen molar-refractivity contribution in [2.45, 2.75) is 18.1 Å². The molecule has 2 aromatic rings. The highest BCUT2D eigenvalue weighted by molar-refractivity contribution is 8.13. The quantitative estimate of drug-likeness (QED) is 0.337. The molecule has 32 heavy (non-hydrogen) atoms. The molecular formula is C19H13F6N3O3S. The van der Waals surface area contributed by atoms with Crippen LogP contribution in [0.4, 0.5) is 32.0 Å². The largest absolute Gasteiger partial charge is 0.416 e. The summed E-state index contributed by atoms with van der Waals surface area (Å²) >= 11 is 0.996. The second-order valence-corrected chi connectivity index (χ2v) is 7.57. The minimum absolute atomic E-state index is 0.0201. The summed E-state index contributed by atoms with van der Waals surface area (Å²) in [6, 6.07) is 6.38. The lowest BCUT2D eigenvalue weighted by Crippen LogP contribution is -2.33. The van der Waals surface area contributed by atoms with Crippen molar-refractivity contribution in [3.05, 3.63) is 74.8 Å². The van der Waals surface area contributed by atoms with Gasteiger partial charge in [-0.25, -0.2) is 0 Å². The van der Waals surface area contributed by atoms with Crippen LogP contribution in [-0.4, -0.2) is 34.0 Å². The van der Waals surface area contributed by atoms with Gasteiger partial charge < -0.3 is 0 Å². The van der Waals surface area contributed by atoms with Crippen LogP contribution >= 0.6 is 11.8 Å². The van der Waals surface area contributed by atoms with Crippen LogP contribution in [0.2, 0.25) is 0 Å². The smallest absolute Gasteiger partial charge is 0.286 e. The number of non-ortho nitro benzene ring substituents is 1. The van der Waals surface area contributed by atoms with Crippen LogP contribution in [-0.2, 0) is 18.1 Å². The number of halogens is 6. The summed E-state index contributed by atoms with van der Waals surface area (Å²) in [6.45, 7) is 0.0990. The summed E-state index contributed by atoms with van der Waals surface area (Å²) < 4.78 is 78.5. The van der Waals surface area contributed by atoms with E-state index in [1.54, 1.807) is 6.07 Å². The third-order valence-corrected chi connectivity index (χ3v) is 5.46. The summed E-state index contributed by atoms with van der Waals surface area (Å²) in [5, 5.41) is 11.0. The highest BCUT2D eigenvalue weighted by Gasteiger charge is 2.38. The van der Waals surface area contributed by atoms with Crippen molar-refractivity contribution in [1.82, 2.24) is 4.90 Å².